The van der Waals surface area contributed by atoms with Gasteiger partial charge in [-0.3, -0.25) is 9.80 Å². The molecule has 2 heterocycles. The van der Waals surface area contributed by atoms with E-state index in [1.807, 2.05) is 30.3 Å². The van der Waals surface area contributed by atoms with E-state index in [9.17, 15) is 4.39 Å². The van der Waals surface area contributed by atoms with Crippen LogP contribution in [0.1, 0.15) is 22.9 Å². The maximum absolute atomic E-state index is 14.1. The molecule has 0 bridgehead atoms. The zero-order chi connectivity index (χ0) is 23.5. The molecule has 7 heteroatoms. The monoisotopic (exact) mass is 495 g/mol. The van der Waals surface area contributed by atoms with Crippen LogP contribution in [0.2, 0.25) is 10.0 Å². The van der Waals surface area contributed by atoms with Gasteiger partial charge in [0.1, 0.15) is 11.5 Å². The summed E-state index contributed by atoms with van der Waals surface area (Å²) < 4.78 is 19.6. The van der Waals surface area contributed by atoms with Gasteiger partial charge < -0.3 is 4.52 Å². The van der Waals surface area contributed by atoms with Gasteiger partial charge in [0.15, 0.2) is 5.76 Å². The average Bonchev–Trinajstić information content (AvgIpc) is 3.31. The van der Waals surface area contributed by atoms with Crippen LogP contribution >= 0.6 is 23.2 Å². The standard InChI is InChI=1S/C27H24Cl2FN3O/c28-20-10-11-22(24(29)16-20)27(19-6-2-1-3-7-19)33-14-12-32(13-15-33)18-21-17-26(31-34-21)23-8-4-5-9-25(23)30/h1-11,16-17,27H,12-15,18H2. The number of nitrogens with zero attached hydrogens (tertiary/aromatic N) is 3. The Morgan fingerprint density at radius 2 is 1.62 bits per heavy atom. The molecule has 0 amide bonds. The number of benzene rings is 3. The van der Waals surface area contributed by atoms with Crippen LogP contribution < -0.4 is 0 Å². The van der Waals surface area contributed by atoms with Gasteiger partial charge in [0, 0.05) is 47.9 Å². The van der Waals surface area contributed by atoms with Gasteiger partial charge in [-0.25, -0.2) is 4.39 Å². The van der Waals surface area contributed by atoms with Crippen LogP contribution in [0.4, 0.5) is 4.39 Å². The highest BCUT2D eigenvalue weighted by atomic mass is 35.5. The quantitative estimate of drug-likeness (QED) is 0.298. The van der Waals surface area contributed by atoms with E-state index in [1.54, 1.807) is 18.2 Å². The average molecular weight is 496 g/mol. The summed E-state index contributed by atoms with van der Waals surface area (Å²) in [6, 6.07) is 24.6. The zero-order valence-electron chi connectivity index (χ0n) is 18.5. The fraction of sp³-hybridized carbons (Fsp3) is 0.222. The minimum absolute atomic E-state index is 0.0473. The second-order valence-electron chi connectivity index (χ2n) is 8.45. The van der Waals surface area contributed by atoms with Crippen LogP contribution in [0.3, 0.4) is 0 Å². The van der Waals surface area contributed by atoms with Crippen molar-refractivity contribution in [2.75, 3.05) is 26.2 Å². The van der Waals surface area contributed by atoms with Crippen molar-refractivity contribution in [1.29, 1.82) is 0 Å². The lowest BCUT2D eigenvalue weighted by molar-refractivity contribution is 0.0980. The number of halogens is 3. The van der Waals surface area contributed by atoms with E-state index in [0.29, 0.717) is 27.8 Å². The van der Waals surface area contributed by atoms with Gasteiger partial charge in [-0.15, -0.1) is 0 Å². The van der Waals surface area contributed by atoms with E-state index in [0.717, 1.165) is 37.5 Å². The smallest absolute Gasteiger partial charge is 0.151 e. The first kappa shape index (κ1) is 23.1. The van der Waals surface area contributed by atoms with Crippen molar-refractivity contribution >= 4 is 23.2 Å². The van der Waals surface area contributed by atoms with Crippen LogP contribution in [0.25, 0.3) is 11.3 Å². The molecule has 4 nitrogen and oxygen atoms in total. The summed E-state index contributed by atoms with van der Waals surface area (Å²) in [6.07, 6.45) is 0. The van der Waals surface area contributed by atoms with E-state index in [4.69, 9.17) is 27.7 Å². The predicted octanol–water partition coefficient (Wildman–Crippen LogP) is 6.69. The molecule has 5 rings (SSSR count). The second kappa shape index (κ2) is 10.3. The van der Waals surface area contributed by atoms with Crippen molar-refractivity contribution in [1.82, 2.24) is 15.0 Å². The summed E-state index contributed by atoms with van der Waals surface area (Å²) in [4.78, 5) is 4.78. The Morgan fingerprint density at radius 1 is 0.882 bits per heavy atom. The molecule has 0 aliphatic carbocycles. The van der Waals surface area contributed by atoms with Gasteiger partial charge in [0.25, 0.3) is 0 Å². The molecule has 0 radical (unpaired) electrons. The van der Waals surface area contributed by atoms with Crippen molar-refractivity contribution in [2.45, 2.75) is 12.6 Å². The molecule has 1 aromatic heterocycles. The summed E-state index contributed by atoms with van der Waals surface area (Å²) in [5, 5.41) is 5.38. The molecule has 4 aromatic rings. The van der Waals surface area contributed by atoms with Crippen LogP contribution in [-0.2, 0) is 6.54 Å². The minimum Gasteiger partial charge on any atom is -0.359 e. The van der Waals surface area contributed by atoms with Crippen LogP contribution in [0.5, 0.6) is 0 Å². The van der Waals surface area contributed by atoms with Gasteiger partial charge in [-0.1, -0.05) is 76.9 Å². The van der Waals surface area contributed by atoms with Crippen LogP contribution in [0.15, 0.2) is 83.4 Å². The number of rotatable bonds is 6. The lowest BCUT2D eigenvalue weighted by Gasteiger charge is -2.39. The van der Waals surface area contributed by atoms with E-state index in [1.165, 1.54) is 11.6 Å². The fourth-order valence-electron chi connectivity index (χ4n) is 4.53. The molecule has 3 aromatic carbocycles. The number of aromatic nitrogens is 1. The topological polar surface area (TPSA) is 32.5 Å². The minimum atomic E-state index is -0.302. The molecule has 1 atom stereocenters. The molecule has 0 saturated carbocycles. The van der Waals surface area contributed by atoms with Gasteiger partial charge in [-0.05, 0) is 35.4 Å². The largest absolute Gasteiger partial charge is 0.359 e. The van der Waals surface area contributed by atoms with Gasteiger partial charge in [0.2, 0.25) is 0 Å². The van der Waals surface area contributed by atoms with Gasteiger partial charge in [-0.2, -0.15) is 0 Å². The van der Waals surface area contributed by atoms with Crippen molar-refractivity contribution in [3.63, 3.8) is 0 Å². The third-order valence-electron chi connectivity index (χ3n) is 6.23. The summed E-state index contributed by atoms with van der Waals surface area (Å²) >= 11 is 12.8. The molecule has 0 N–H and O–H groups in total. The first-order valence-electron chi connectivity index (χ1n) is 11.3. The second-order valence-corrected chi connectivity index (χ2v) is 9.29. The Morgan fingerprint density at radius 3 is 2.35 bits per heavy atom. The zero-order valence-corrected chi connectivity index (χ0v) is 20.0. The van der Waals surface area contributed by atoms with E-state index in [-0.39, 0.29) is 11.9 Å². The third kappa shape index (κ3) is 5.03. The molecule has 1 aliphatic rings. The predicted molar refractivity (Wildman–Crippen MR) is 133 cm³/mol. The first-order valence-corrected chi connectivity index (χ1v) is 12.0. The molecular formula is C27H24Cl2FN3O. The number of hydrogen-bond donors (Lipinski definition) is 0. The fourth-order valence-corrected chi connectivity index (χ4v) is 5.04. The molecule has 34 heavy (non-hydrogen) atoms. The Hall–Kier alpha value is -2.70. The number of hydrogen-bond acceptors (Lipinski definition) is 4. The lowest BCUT2D eigenvalue weighted by atomic mass is 9.96. The van der Waals surface area contributed by atoms with Crippen LogP contribution in [0, 0.1) is 5.82 Å². The Balaban J connectivity index is 1.29. The first-order chi connectivity index (χ1) is 16.6. The molecule has 1 saturated heterocycles. The highest BCUT2D eigenvalue weighted by Crippen LogP contribution is 2.35. The van der Waals surface area contributed by atoms with Crippen molar-refractivity contribution < 1.29 is 8.91 Å². The summed E-state index contributed by atoms with van der Waals surface area (Å²) in [5.74, 6) is 0.427. The van der Waals surface area contributed by atoms with E-state index < -0.39 is 0 Å². The summed E-state index contributed by atoms with van der Waals surface area (Å²) in [5.41, 5.74) is 3.22. The molecule has 0 spiro atoms. The van der Waals surface area contributed by atoms with E-state index >= 15 is 0 Å². The number of piperazine rings is 1. The highest BCUT2D eigenvalue weighted by Gasteiger charge is 2.28. The molecular weight excluding hydrogens is 472 g/mol. The normalized spacial score (nSPS) is 16.0. The molecule has 1 unspecified atom stereocenters. The Labute approximate surface area is 208 Å². The van der Waals surface area contributed by atoms with Crippen molar-refractivity contribution in [2.24, 2.45) is 0 Å². The molecule has 174 valence electrons. The van der Waals surface area contributed by atoms with Gasteiger partial charge in [0.05, 0.1) is 12.6 Å². The maximum Gasteiger partial charge on any atom is 0.151 e. The Bertz CT molecular complexity index is 1260. The molecule has 1 fully saturated rings. The summed E-state index contributed by atoms with van der Waals surface area (Å²) in [7, 11) is 0. The van der Waals surface area contributed by atoms with E-state index in [2.05, 4.69) is 39.2 Å². The maximum atomic E-state index is 14.1. The Kier molecular flexibility index (Phi) is 6.97. The summed E-state index contributed by atoms with van der Waals surface area (Å²) in [6.45, 7) is 4.10. The van der Waals surface area contributed by atoms with Gasteiger partial charge >= 0.3 is 0 Å². The lowest BCUT2D eigenvalue weighted by Crippen LogP contribution is -2.47. The van der Waals surface area contributed by atoms with Crippen molar-refractivity contribution in [3.05, 3.63) is 112 Å². The SMILES string of the molecule is Fc1ccccc1-c1cc(CN2CCN(C(c3ccccc3)c3ccc(Cl)cc3Cl)CC2)on1. The van der Waals surface area contributed by atoms with Crippen molar-refractivity contribution in [3.8, 4) is 11.3 Å². The highest BCUT2D eigenvalue weighted by molar-refractivity contribution is 6.35. The third-order valence-corrected chi connectivity index (χ3v) is 6.80. The molecule has 1 aliphatic heterocycles. The van der Waals surface area contributed by atoms with Crippen LogP contribution in [-0.4, -0.2) is 41.1 Å².